The van der Waals surface area contributed by atoms with Crippen LogP contribution in [0.4, 0.5) is 29.2 Å². The molecule has 11 heteroatoms. The number of alkyl halides is 3. The summed E-state index contributed by atoms with van der Waals surface area (Å²) in [6, 6.07) is 8.75. The second kappa shape index (κ2) is 7.89. The van der Waals surface area contributed by atoms with Crippen molar-refractivity contribution < 1.29 is 22.4 Å². The first kappa shape index (κ1) is 19.7. The number of benzene rings is 2. The quantitative estimate of drug-likeness (QED) is 0.434. The lowest BCUT2D eigenvalue weighted by molar-refractivity contribution is -0.139. The number of hydrogen-bond donors (Lipinski definition) is 3. The number of rotatable bonds is 5. The molecule has 0 aliphatic rings. The van der Waals surface area contributed by atoms with Crippen LogP contribution in [0.3, 0.4) is 0 Å². The van der Waals surface area contributed by atoms with Crippen LogP contribution in [0.25, 0.3) is 0 Å². The van der Waals surface area contributed by atoms with Crippen molar-refractivity contribution in [1.29, 1.82) is 0 Å². The third kappa shape index (κ3) is 4.80. The second-order valence-corrected chi connectivity index (χ2v) is 6.58. The van der Waals surface area contributed by atoms with Crippen molar-refractivity contribution in [3.63, 3.8) is 0 Å². The Morgan fingerprint density at radius 3 is 2.50 bits per heavy atom. The zero-order chi connectivity index (χ0) is 20.3. The molecular formula is C17H13F4N5OS. The molecule has 0 unspecified atom stereocenters. The lowest BCUT2D eigenvalue weighted by Crippen LogP contribution is -2.14. The maximum atomic E-state index is 13.3. The Bertz CT molecular complexity index is 988. The topological polar surface area (TPSA) is 96.7 Å². The minimum atomic E-state index is -4.85. The van der Waals surface area contributed by atoms with Gasteiger partial charge in [0.2, 0.25) is 11.1 Å². The minimum absolute atomic E-state index is 0.152. The van der Waals surface area contributed by atoms with Crippen molar-refractivity contribution in [2.45, 2.75) is 17.1 Å². The summed E-state index contributed by atoms with van der Waals surface area (Å²) in [5.41, 5.74) is 4.97. The molecule has 146 valence electrons. The largest absolute Gasteiger partial charge is 0.419 e. The van der Waals surface area contributed by atoms with Gasteiger partial charge in [0.25, 0.3) is 5.91 Å². The van der Waals surface area contributed by atoms with E-state index in [0.717, 1.165) is 11.6 Å². The number of nitrogens with zero attached hydrogens (tertiary/aromatic N) is 2. The van der Waals surface area contributed by atoms with Gasteiger partial charge in [-0.2, -0.15) is 18.2 Å². The number of hydrogen-bond acceptors (Lipinski definition) is 5. The van der Waals surface area contributed by atoms with Gasteiger partial charge in [0.15, 0.2) is 0 Å². The molecule has 0 aliphatic heterocycles. The van der Waals surface area contributed by atoms with Crippen LogP contribution in [-0.2, 0) is 11.9 Å². The highest BCUT2D eigenvalue weighted by Gasteiger charge is 2.34. The highest BCUT2D eigenvalue weighted by Crippen LogP contribution is 2.33. The maximum Gasteiger partial charge on any atom is 0.419 e. The molecule has 2 aromatic carbocycles. The molecule has 4 N–H and O–H groups in total. The second-order valence-electron chi connectivity index (χ2n) is 5.64. The predicted molar refractivity (Wildman–Crippen MR) is 96.2 cm³/mol. The Morgan fingerprint density at radius 1 is 1.18 bits per heavy atom. The zero-order valence-electron chi connectivity index (χ0n) is 14.0. The Labute approximate surface area is 160 Å². The first-order valence-corrected chi connectivity index (χ1v) is 8.78. The number of nitrogens with one attached hydrogen (secondary N) is 2. The molecule has 1 heterocycles. The number of H-pyrrole nitrogens is 1. The van der Waals surface area contributed by atoms with Crippen molar-refractivity contribution in [3.8, 4) is 0 Å². The van der Waals surface area contributed by atoms with E-state index in [0.29, 0.717) is 23.0 Å². The fourth-order valence-electron chi connectivity index (χ4n) is 2.25. The zero-order valence-corrected chi connectivity index (χ0v) is 14.9. The normalized spacial score (nSPS) is 11.4. The molecule has 0 fully saturated rings. The summed E-state index contributed by atoms with van der Waals surface area (Å²) < 4.78 is 51.6. The maximum absolute atomic E-state index is 13.3. The van der Waals surface area contributed by atoms with Crippen LogP contribution >= 0.6 is 11.8 Å². The number of amides is 1. The number of nitrogens with two attached hydrogens (primary N) is 1. The molecule has 3 aromatic rings. The average Bonchev–Trinajstić information content (AvgIpc) is 3.06. The van der Waals surface area contributed by atoms with Crippen LogP contribution in [-0.4, -0.2) is 21.1 Å². The van der Waals surface area contributed by atoms with Crippen molar-refractivity contribution in [3.05, 3.63) is 65.0 Å². The van der Waals surface area contributed by atoms with E-state index >= 15 is 0 Å². The molecule has 0 radical (unpaired) electrons. The molecule has 1 aromatic heterocycles. The standard InChI is InChI=1S/C17H13F4N5OS/c18-13-6-5-11(7-12(13)17(19,20)21)23-14(27)10-3-1-9(2-4-10)8-28-16-24-15(22)25-26-16/h1-7H,8H2,(H,23,27)(H3,22,24,25,26). The number of anilines is 2. The van der Waals surface area contributed by atoms with E-state index in [-0.39, 0.29) is 17.2 Å². The van der Waals surface area contributed by atoms with Crippen molar-refractivity contribution >= 4 is 29.3 Å². The summed E-state index contributed by atoms with van der Waals surface area (Å²) in [6.07, 6.45) is -4.85. The summed E-state index contributed by atoms with van der Waals surface area (Å²) >= 11 is 1.34. The van der Waals surface area contributed by atoms with Gasteiger partial charge in [-0.25, -0.2) is 9.49 Å². The van der Waals surface area contributed by atoms with Gasteiger partial charge in [-0.15, -0.1) is 5.10 Å². The van der Waals surface area contributed by atoms with Gasteiger partial charge in [-0.1, -0.05) is 23.9 Å². The van der Waals surface area contributed by atoms with Gasteiger partial charge in [0.1, 0.15) is 5.82 Å². The molecule has 0 bridgehead atoms. The summed E-state index contributed by atoms with van der Waals surface area (Å²) in [7, 11) is 0. The Morgan fingerprint density at radius 2 is 1.89 bits per heavy atom. The number of halogens is 4. The van der Waals surface area contributed by atoms with Crippen LogP contribution in [0, 0.1) is 5.82 Å². The summed E-state index contributed by atoms with van der Waals surface area (Å²) in [4.78, 5) is 16.2. The van der Waals surface area contributed by atoms with Crippen LogP contribution in [0.1, 0.15) is 21.5 Å². The minimum Gasteiger partial charge on any atom is -0.368 e. The summed E-state index contributed by atoms with van der Waals surface area (Å²) in [5, 5.41) is 9.21. The number of carbonyl (C=O) groups is 1. The third-order valence-electron chi connectivity index (χ3n) is 3.60. The smallest absolute Gasteiger partial charge is 0.368 e. The monoisotopic (exact) mass is 411 g/mol. The van der Waals surface area contributed by atoms with E-state index in [1.54, 1.807) is 12.1 Å². The molecule has 0 atom stereocenters. The number of aromatic nitrogens is 3. The SMILES string of the molecule is Nc1nc(SCc2ccc(C(=O)Nc3ccc(F)c(C(F)(F)F)c3)cc2)n[nH]1. The summed E-state index contributed by atoms with van der Waals surface area (Å²) in [6.45, 7) is 0. The number of aromatic amines is 1. The Hall–Kier alpha value is -3.08. The molecule has 1 amide bonds. The van der Waals surface area contributed by atoms with Crippen molar-refractivity contribution in [2.75, 3.05) is 11.1 Å². The van der Waals surface area contributed by atoms with E-state index < -0.39 is 23.5 Å². The van der Waals surface area contributed by atoms with Crippen LogP contribution < -0.4 is 11.1 Å². The van der Waals surface area contributed by atoms with Crippen LogP contribution in [0.2, 0.25) is 0 Å². The van der Waals surface area contributed by atoms with Gasteiger partial charge in [0, 0.05) is 17.0 Å². The molecule has 28 heavy (non-hydrogen) atoms. The highest BCUT2D eigenvalue weighted by atomic mass is 32.2. The lowest BCUT2D eigenvalue weighted by Gasteiger charge is -2.11. The number of nitrogen functional groups attached to an aromatic ring is 1. The lowest BCUT2D eigenvalue weighted by atomic mass is 10.1. The van der Waals surface area contributed by atoms with Gasteiger partial charge >= 0.3 is 6.18 Å². The highest BCUT2D eigenvalue weighted by molar-refractivity contribution is 7.98. The molecule has 3 rings (SSSR count). The molecule has 0 saturated carbocycles. The first-order valence-electron chi connectivity index (χ1n) is 7.80. The van der Waals surface area contributed by atoms with E-state index in [9.17, 15) is 22.4 Å². The molecule has 0 saturated heterocycles. The third-order valence-corrected chi connectivity index (χ3v) is 4.51. The summed E-state index contributed by atoms with van der Waals surface area (Å²) in [5.74, 6) is -1.27. The molecule has 0 aliphatic carbocycles. The van der Waals surface area contributed by atoms with Gasteiger partial charge in [-0.05, 0) is 35.9 Å². The van der Waals surface area contributed by atoms with E-state index in [1.807, 2.05) is 0 Å². The molecular weight excluding hydrogens is 398 g/mol. The van der Waals surface area contributed by atoms with Gasteiger partial charge in [0.05, 0.1) is 5.56 Å². The van der Waals surface area contributed by atoms with Crippen LogP contribution in [0.15, 0.2) is 47.6 Å². The van der Waals surface area contributed by atoms with E-state index in [1.165, 1.54) is 23.9 Å². The van der Waals surface area contributed by atoms with Crippen molar-refractivity contribution in [2.24, 2.45) is 0 Å². The average molecular weight is 411 g/mol. The van der Waals surface area contributed by atoms with E-state index in [4.69, 9.17) is 5.73 Å². The fourth-order valence-corrected chi connectivity index (χ4v) is 3.01. The van der Waals surface area contributed by atoms with Crippen LogP contribution in [0.5, 0.6) is 0 Å². The van der Waals surface area contributed by atoms with E-state index in [2.05, 4.69) is 20.5 Å². The van der Waals surface area contributed by atoms with Gasteiger partial charge in [-0.3, -0.25) is 4.79 Å². The first-order chi connectivity index (χ1) is 13.2. The predicted octanol–water partition coefficient (Wildman–Crippen LogP) is 4.09. The number of carbonyl (C=O) groups excluding carboxylic acids is 1. The molecule has 6 nitrogen and oxygen atoms in total. The Balaban J connectivity index is 1.65. The number of thioether (sulfide) groups is 1. The van der Waals surface area contributed by atoms with Gasteiger partial charge < -0.3 is 11.1 Å². The van der Waals surface area contributed by atoms with Crippen molar-refractivity contribution in [1.82, 2.24) is 15.2 Å². The fraction of sp³-hybridized carbons (Fsp3) is 0.118. The Kier molecular flexibility index (Phi) is 5.54. The molecule has 0 spiro atoms.